The number of hydrogen-bond donors (Lipinski definition) is 0. The average Bonchev–Trinajstić information content (AvgIpc) is 3.88. The minimum atomic E-state index is -0.360. The van der Waals surface area contributed by atoms with Gasteiger partial charge >= 0.3 is 0 Å². The van der Waals surface area contributed by atoms with Crippen LogP contribution in [-0.4, -0.2) is 0 Å². The lowest BCUT2D eigenvalue weighted by Gasteiger charge is -2.35. The van der Waals surface area contributed by atoms with Crippen LogP contribution in [0.1, 0.15) is 42.5 Å². The topological polar surface area (TPSA) is 16.4 Å². The summed E-state index contributed by atoms with van der Waals surface area (Å²) in [4.78, 5) is 5.27. The maximum Gasteiger partial charge on any atom is 0.135 e. The Hall–Kier alpha value is -6.55. The molecule has 58 heavy (non-hydrogen) atoms. The summed E-state index contributed by atoms with van der Waals surface area (Å²) in [6.07, 6.45) is 5.86. The first-order valence-electron chi connectivity index (χ1n) is 20.2. The molecular weight excluding hydrogens is 723 g/mol. The van der Waals surface area contributed by atoms with Crippen LogP contribution < -0.4 is 4.90 Å². The lowest BCUT2D eigenvalue weighted by Crippen LogP contribution is -2.26. The molecule has 1 unspecified atom stereocenters. The predicted molar refractivity (Wildman–Crippen MR) is 243 cm³/mol. The molecule has 12 rings (SSSR count). The van der Waals surface area contributed by atoms with E-state index in [-0.39, 0.29) is 10.8 Å². The van der Waals surface area contributed by atoms with Crippen LogP contribution in [0, 0.1) is 0 Å². The maximum atomic E-state index is 6.19. The standard InChI is InChI=1S/C55H39NOS/c1-54-29-28-42(34-53(54)58-52-19-11-9-17-48(52)54)56(40-23-20-35-12-6-7-13-36(35)30-40)41-24-25-43-45-31-37(38-22-27-51-46(32-38)44-16-8-10-18-50(44)57-51)21-26-47(45)55(2,49(43)33-41)39-14-4-3-5-15-39/h3-28,30-34H,29H2,1-2H3/t54?,55-/m0/s1. The number of allylic oxidation sites excluding steroid dienone is 3. The Morgan fingerprint density at radius 2 is 1.26 bits per heavy atom. The summed E-state index contributed by atoms with van der Waals surface area (Å²) in [5, 5.41) is 4.77. The monoisotopic (exact) mass is 761 g/mol. The molecule has 3 heteroatoms. The first-order chi connectivity index (χ1) is 28.5. The fraction of sp³-hybridized carbons (Fsp3) is 0.0909. The fourth-order valence-corrected chi connectivity index (χ4v) is 11.4. The molecule has 0 spiro atoms. The second-order valence-electron chi connectivity index (χ2n) is 16.4. The number of anilines is 2. The summed E-state index contributed by atoms with van der Waals surface area (Å²) < 4.78 is 6.19. The Morgan fingerprint density at radius 3 is 2.17 bits per heavy atom. The molecule has 1 aliphatic heterocycles. The van der Waals surface area contributed by atoms with Gasteiger partial charge in [0.1, 0.15) is 11.2 Å². The lowest BCUT2D eigenvalue weighted by atomic mass is 9.74. The summed E-state index contributed by atoms with van der Waals surface area (Å²) >= 11 is 1.93. The molecule has 9 aromatic rings. The van der Waals surface area contributed by atoms with E-state index in [1.165, 1.54) is 70.8 Å². The average molecular weight is 762 g/mol. The molecular formula is C55H39NOS. The molecule has 0 N–H and O–H groups in total. The van der Waals surface area contributed by atoms with E-state index in [9.17, 15) is 0 Å². The molecule has 2 atom stereocenters. The molecule has 1 aromatic heterocycles. The molecule has 2 heterocycles. The number of thioether (sulfide) groups is 1. The van der Waals surface area contributed by atoms with Crippen molar-refractivity contribution in [2.45, 2.75) is 36.0 Å². The van der Waals surface area contributed by atoms with Crippen LogP contribution in [0.2, 0.25) is 0 Å². The first-order valence-corrected chi connectivity index (χ1v) is 21.0. The van der Waals surface area contributed by atoms with Crippen LogP contribution in [0.3, 0.4) is 0 Å². The van der Waals surface area contributed by atoms with Crippen LogP contribution in [0.4, 0.5) is 11.4 Å². The van der Waals surface area contributed by atoms with E-state index in [0.29, 0.717) is 0 Å². The second kappa shape index (κ2) is 12.5. The molecule has 0 saturated carbocycles. The van der Waals surface area contributed by atoms with Crippen molar-refractivity contribution in [1.82, 2.24) is 0 Å². The van der Waals surface area contributed by atoms with Crippen LogP contribution in [0.25, 0.3) is 55.0 Å². The minimum Gasteiger partial charge on any atom is -0.456 e. The number of hydrogen-bond acceptors (Lipinski definition) is 3. The van der Waals surface area contributed by atoms with Crippen molar-refractivity contribution in [1.29, 1.82) is 0 Å². The van der Waals surface area contributed by atoms with E-state index < -0.39 is 0 Å². The second-order valence-corrected chi connectivity index (χ2v) is 17.5. The first kappa shape index (κ1) is 33.6. The summed E-state index contributed by atoms with van der Waals surface area (Å²) in [5.74, 6) is 0. The molecule has 0 saturated heterocycles. The molecule has 2 nitrogen and oxygen atoms in total. The van der Waals surface area contributed by atoms with Gasteiger partial charge in [-0.2, -0.15) is 0 Å². The predicted octanol–water partition coefficient (Wildman–Crippen LogP) is 15.1. The Bertz CT molecular complexity index is 3230. The third-order valence-electron chi connectivity index (χ3n) is 13.2. The summed E-state index contributed by atoms with van der Waals surface area (Å²) in [6, 6.07) is 64.8. The van der Waals surface area contributed by atoms with E-state index in [1.807, 2.05) is 23.9 Å². The van der Waals surface area contributed by atoms with Crippen molar-refractivity contribution < 1.29 is 4.42 Å². The van der Waals surface area contributed by atoms with Crippen molar-refractivity contribution in [3.05, 3.63) is 221 Å². The van der Waals surface area contributed by atoms with Gasteiger partial charge in [0.25, 0.3) is 0 Å². The number of para-hydroxylation sites is 1. The van der Waals surface area contributed by atoms with E-state index in [1.54, 1.807) is 0 Å². The van der Waals surface area contributed by atoms with Gasteiger partial charge in [0.15, 0.2) is 0 Å². The summed E-state index contributed by atoms with van der Waals surface area (Å²) in [6.45, 7) is 4.83. The molecule has 0 amide bonds. The zero-order valence-corrected chi connectivity index (χ0v) is 33.2. The molecule has 2 aliphatic carbocycles. The molecule has 0 fully saturated rings. The Labute approximate surface area is 342 Å². The van der Waals surface area contributed by atoms with Crippen LogP contribution in [0.5, 0.6) is 0 Å². The van der Waals surface area contributed by atoms with E-state index in [4.69, 9.17) is 4.42 Å². The van der Waals surface area contributed by atoms with Crippen molar-refractivity contribution >= 4 is 55.8 Å². The van der Waals surface area contributed by atoms with Crippen LogP contribution in [0.15, 0.2) is 208 Å². The smallest absolute Gasteiger partial charge is 0.135 e. The Morgan fingerprint density at radius 1 is 0.534 bits per heavy atom. The third kappa shape index (κ3) is 4.87. The largest absolute Gasteiger partial charge is 0.456 e. The van der Waals surface area contributed by atoms with Gasteiger partial charge in [0.05, 0.1) is 0 Å². The Balaban J connectivity index is 1.03. The Kier molecular flexibility index (Phi) is 7.22. The van der Waals surface area contributed by atoms with Gasteiger partial charge in [0.2, 0.25) is 0 Å². The minimum absolute atomic E-state index is 0.0157. The SMILES string of the molecule is CC12CC=C(N(c3ccc4c(c3)[C@@](C)(c3ccccc3)c3ccc(-c5ccc6oc7ccccc7c6c5)cc3-4)c3ccc4ccccc4c3)C=C1Sc1ccccc12. The fourth-order valence-electron chi connectivity index (χ4n) is 10.0. The molecule has 0 radical (unpaired) electrons. The van der Waals surface area contributed by atoms with Crippen molar-refractivity contribution in [3.63, 3.8) is 0 Å². The summed E-state index contributed by atoms with van der Waals surface area (Å²) in [5.41, 5.74) is 15.3. The van der Waals surface area contributed by atoms with Gasteiger partial charge in [-0.15, -0.1) is 0 Å². The lowest BCUT2D eigenvalue weighted by molar-refractivity contribution is 0.584. The number of rotatable bonds is 5. The number of furan rings is 1. The van der Waals surface area contributed by atoms with Gasteiger partial charge in [-0.25, -0.2) is 0 Å². The highest BCUT2D eigenvalue weighted by atomic mass is 32.2. The van der Waals surface area contributed by atoms with Crippen molar-refractivity contribution in [2.24, 2.45) is 0 Å². The van der Waals surface area contributed by atoms with Gasteiger partial charge in [-0.3, -0.25) is 0 Å². The third-order valence-corrected chi connectivity index (χ3v) is 14.6. The highest BCUT2D eigenvalue weighted by Crippen LogP contribution is 2.58. The van der Waals surface area contributed by atoms with E-state index >= 15 is 0 Å². The highest BCUT2D eigenvalue weighted by Gasteiger charge is 2.43. The molecule has 0 bridgehead atoms. The van der Waals surface area contributed by atoms with Crippen LogP contribution in [-0.2, 0) is 10.8 Å². The van der Waals surface area contributed by atoms with Gasteiger partial charge in [-0.1, -0.05) is 146 Å². The van der Waals surface area contributed by atoms with E-state index in [0.717, 1.165) is 39.7 Å². The molecule has 276 valence electrons. The van der Waals surface area contributed by atoms with Gasteiger partial charge in [-0.05, 0) is 129 Å². The zero-order valence-electron chi connectivity index (χ0n) is 32.4. The maximum absolute atomic E-state index is 6.19. The van der Waals surface area contributed by atoms with Crippen molar-refractivity contribution in [3.8, 4) is 22.3 Å². The molecule has 8 aromatic carbocycles. The van der Waals surface area contributed by atoms with Crippen molar-refractivity contribution in [2.75, 3.05) is 4.90 Å². The summed E-state index contributed by atoms with van der Waals surface area (Å²) in [7, 11) is 0. The quantitative estimate of drug-likeness (QED) is 0.174. The van der Waals surface area contributed by atoms with Crippen LogP contribution >= 0.6 is 11.8 Å². The number of nitrogens with zero attached hydrogens (tertiary/aromatic N) is 1. The normalized spacial score (nSPS) is 19.1. The highest BCUT2D eigenvalue weighted by molar-refractivity contribution is 8.03. The molecule has 3 aliphatic rings. The van der Waals surface area contributed by atoms with Gasteiger partial charge in [0, 0.05) is 48.5 Å². The van der Waals surface area contributed by atoms with Gasteiger partial charge < -0.3 is 9.32 Å². The number of benzene rings is 8. The number of fused-ring (bicyclic) bond motifs is 10. The zero-order chi connectivity index (χ0) is 38.6. The van der Waals surface area contributed by atoms with E-state index in [2.05, 4.69) is 195 Å².